The van der Waals surface area contributed by atoms with Crippen LogP contribution in [0.5, 0.6) is 5.75 Å². The van der Waals surface area contributed by atoms with Crippen molar-refractivity contribution in [3.63, 3.8) is 0 Å². The van der Waals surface area contributed by atoms with Crippen LogP contribution < -0.4 is 10.1 Å². The Morgan fingerprint density at radius 1 is 1.30 bits per heavy atom. The van der Waals surface area contributed by atoms with Crippen LogP contribution in [0.15, 0.2) is 24.3 Å². The molecule has 0 fully saturated rings. The Morgan fingerprint density at radius 2 is 1.90 bits per heavy atom. The van der Waals surface area contributed by atoms with Gasteiger partial charge in [-0.2, -0.15) is 0 Å². The van der Waals surface area contributed by atoms with Gasteiger partial charge >= 0.3 is 0 Å². The van der Waals surface area contributed by atoms with E-state index in [2.05, 4.69) is 5.32 Å². The van der Waals surface area contributed by atoms with Crippen molar-refractivity contribution >= 4 is 17.5 Å². The van der Waals surface area contributed by atoms with Gasteiger partial charge in [0.15, 0.2) is 0 Å². The van der Waals surface area contributed by atoms with Crippen LogP contribution in [0.4, 0.5) is 0 Å². The molecule has 2 N–H and O–H groups in total. The maximum absolute atomic E-state index is 11.6. The van der Waals surface area contributed by atoms with E-state index in [0.717, 1.165) is 0 Å². The summed E-state index contributed by atoms with van der Waals surface area (Å²) in [6.45, 7) is 6.02. The summed E-state index contributed by atoms with van der Waals surface area (Å²) in [4.78, 5) is 11.6. The quantitative estimate of drug-likeness (QED) is 0.814. The molecule has 0 heterocycles. The molecule has 0 aliphatic carbocycles. The fourth-order valence-corrected chi connectivity index (χ4v) is 1.67. The smallest absolute Gasteiger partial charge is 0.222 e. The van der Waals surface area contributed by atoms with Gasteiger partial charge in [-0.05, 0) is 37.1 Å². The van der Waals surface area contributed by atoms with E-state index in [1.165, 1.54) is 0 Å². The molecule has 1 aromatic carbocycles. The highest BCUT2D eigenvalue weighted by Gasteiger charge is 2.15. The molecule has 0 aromatic heterocycles. The van der Waals surface area contributed by atoms with Gasteiger partial charge in [-0.3, -0.25) is 4.79 Å². The average Bonchev–Trinajstić information content (AvgIpc) is 2.39. The molecule has 0 bridgehead atoms. The van der Waals surface area contributed by atoms with E-state index < -0.39 is 6.10 Å². The highest BCUT2D eigenvalue weighted by molar-refractivity contribution is 6.30. The molecule has 20 heavy (non-hydrogen) atoms. The molecule has 5 heteroatoms. The molecule has 0 radical (unpaired) electrons. The minimum Gasteiger partial charge on any atom is -0.489 e. The van der Waals surface area contributed by atoms with E-state index in [-0.39, 0.29) is 24.3 Å². The van der Waals surface area contributed by atoms with Gasteiger partial charge in [0.05, 0.1) is 19.1 Å². The summed E-state index contributed by atoms with van der Waals surface area (Å²) < 4.78 is 5.64. The predicted molar refractivity (Wildman–Crippen MR) is 80.0 cm³/mol. The monoisotopic (exact) mass is 299 g/mol. The topological polar surface area (TPSA) is 58.6 Å². The van der Waals surface area contributed by atoms with Crippen molar-refractivity contribution in [2.24, 2.45) is 5.92 Å². The first kappa shape index (κ1) is 16.8. The van der Waals surface area contributed by atoms with E-state index >= 15 is 0 Å². The molecular weight excluding hydrogens is 278 g/mol. The van der Waals surface area contributed by atoms with Gasteiger partial charge in [-0.1, -0.05) is 25.4 Å². The third kappa shape index (κ3) is 6.26. The first-order chi connectivity index (χ1) is 9.38. The standard InChI is InChI=1S/C15H22ClNO3/c1-10(2)14(18)8-15(19)17-9-11(3)20-13-6-4-12(16)5-7-13/h4-7,10-11,14,18H,8-9H2,1-3H3,(H,17,19)/t11-,14+/m0/s1. The maximum Gasteiger partial charge on any atom is 0.222 e. The van der Waals surface area contributed by atoms with Gasteiger partial charge in [-0.15, -0.1) is 0 Å². The van der Waals surface area contributed by atoms with Crippen LogP contribution in [0, 0.1) is 5.92 Å². The van der Waals surface area contributed by atoms with Crippen molar-refractivity contribution in [1.29, 1.82) is 0 Å². The van der Waals surface area contributed by atoms with Gasteiger partial charge in [0.1, 0.15) is 11.9 Å². The van der Waals surface area contributed by atoms with Crippen LogP contribution in [0.2, 0.25) is 5.02 Å². The normalized spacial score (nSPS) is 13.9. The Labute approximate surface area is 125 Å². The van der Waals surface area contributed by atoms with Gasteiger partial charge in [0.2, 0.25) is 5.91 Å². The summed E-state index contributed by atoms with van der Waals surface area (Å²) in [6.07, 6.45) is -0.649. The zero-order valence-corrected chi connectivity index (χ0v) is 12.9. The number of carbonyl (C=O) groups excluding carboxylic acids is 1. The molecule has 0 unspecified atom stereocenters. The lowest BCUT2D eigenvalue weighted by molar-refractivity contribution is -0.123. The van der Waals surface area contributed by atoms with Crippen LogP contribution in [0.25, 0.3) is 0 Å². The third-order valence-corrected chi connectivity index (χ3v) is 3.15. The fourth-order valence-electron chi connectivity index (χ4n) is 1.54. The Balaban J connectivity index is 2.30. The first-order valence-electron chi connectivity index (χ1n) is 6.75. The molecule has 2 atom stereocenters. The van der Waals surface area contributed by atoms with Crippen molar-refractivity contribution < 1.29 is 14.6 Å². The highest BCUT2D eigenvalue weighted by Crippen LogP contribution is 2.16. The maximum atomic E-state index is 11.6. The Morgan fingerprint density at radius 3 is 2.45 bits per heavy atom. The molecule has 0 spiro atoms. The van der Waals surface area contributed by atoms with E-state index in [1.54, 1.807) is 24.3 Å². The number of halogens is 1. The van der Waals surface area contributed by atoms with Crippen LogP contribution in [0.1, 0.15) is 27.2 Å². The summed E-state index contributed by atoms with van der Waals surface area (Å²) in [6, 6.07) is 7.06. The van der Waals surface area contributed by atoms with Gasteiger partial charge in [0.25, 0.3) is 0 Å². The number of amides is 1. The molecule has 0 saturated carbocycles. The Bertz CT molecular complexity index is 420. The van der Waals surface area contributed by atoms with E-state index in [0.29, 0.717) is 17.3 Å². The van der Waals surface area contributed by atoms with E-state index in [4.69, 9.17) is 16.3 Å². The molecular formula is C15H22ClNO3. The number of hydrogen-bond donors (Lipinski definition) is 2. The number of rotatable bonds is 7. The summed E-state index contributed by atoms with van der Waals surface area (Å²) >= 11 is 5.79. The van der Waals surface area contributed by atoms with Crippen LogP contribution in [-0.2, 0) is 4.79 Å². The van der Waals surface area contributed by atoms with E-state index in [1.807, 2.05) is 20.8 Å². The average molecular weight is 300 g/mol. The third-order valence-electron chi connectivity index (χ3n) is 2.90. The minimum atomic E-state index is -0.609. The number of hydrogen-bond acceptors (Lipinski definition) is 3. The Hall–Kier alpha value is -1.26. The fraction of sp³-hybridized carbons (Fsp3) is 0.533. The molecule has 1 amide bonds. The number of benzene rings is 1. The molecule has 0 aliphatic rings. The number of carbonyl (C=O) groups is 1. The van der Waals surface area contributed by atoms with Crippen LogP contribution in [-0.4, -0.2) is 29.8 Å². The largest absolute Gasteiger partial charge is 0.489 e. The molecule has 112 valence electrons. The van der Waals surface area contributed by atoms with Gasteiger partial charge in [-0.25, -0.2) is 0 Å². The molecule has 1 aromatic rings. The number of aliphatic hydroxyl groups is 1. The lowest BCUT2D eigenvalue weighted by Crippen LogP contribution is -2.36. The first-order valence-corrected chi connectivity index (χ1v) is 7.13. The second-order valence-corrected chi connectivity index (χ2v) is 5.64. The number of ether oxygens (including phenoxy) is 1. The lowest BCUT2D eigenvalue weighted by atomic mass is 10.0. The molecule has 0 aliphatic heterocycles. The van der Waals surface area contributed by atoms with Crippen molar-refractivity contribution in [2.45, 2.75) is 39.4 Å². The SMILES string of the molecule is CC(C)[C@H](O)CC(=O)NC[C@H](C)Oc1ccc(Cl)cc1. The zero-order chi connectivity index (χ0) is 15.1. The molecule has 0 saturated heterocycles. The second-order valence-electron chi connectivity index (χ2n) is 5.20. The van der Waals surface area contributed by atoms with Crippen molar-refractivity contribution in [1.82, 2.24) is 5.32 Å². The summed E-state index contributed by atoms with van der Waals surface area (Å²) in [5, 5.41) is 13.0. The second kappa shape index (κ2) is 8.12. The highest BCUT2D eigenvalue weighted by atomic mass is 35.5. The van der Waals surface area contributed by atoms with Crippen molar-refractivity contribution in [3.05, 3.63) is 29.3 Å². The number of nitrogens with one attached hydrogen (secondary N) is 1. The summed E-state index contributed by atoms with van der Waals surface area (Å²) in [5.41, 5.74) is 0. The zero-order valence-electron chi connectivity index (χ0n) is 12.1. The van der Waals surface area contributed by atoms with Crippen LogP contribution in [0.3, 0.4) is 0 Å². The molecule has 4 nitrogen and oxygen atoms in total. The minimum absolute atomic E-state index is 0.0727. The van der Waals surface area contributed by atoms with Crippen molar-refractivity contribution in [3.8, 4) is 5.75 Å². The predicted octanol–water partition coefficient (Wildman–Crippen LogP) is 2.63. The van der Waals surface area contributed by atoms with Gasteiger partial charge < -0.3 is 15.2 Å². The summed E-state index contributed by atoms with van der Waals surface area (Å²) in [5.74, 6) is 0.611. The van der Waals surface area contributed by atoms with E-state index in [9.17, 15) is 9.90 Å². The van der Waals surface area contributed by atoms with Crippen molar-refractivity contribution in [2.75, 3.05) is 6.54 Å². The lowest BCUT2D eigenvalue weighted by Gasteiger charge is -2.17. The molecule has 1 rings (SSSR count). The van der Waals surface area contributed by atoms with Crippen LogP contribution >= 0.6 is 11.6 Å². The number of aliphatic hydroxyl groups excluding tert-OH is 1. The Kier molecular flexibility index (Phi) is 6.82. The van der Waals surface area contributed by atoms with Gasteiger partial charge in [0, 0.05) is 5.02 Å². The summed E-state index contributed by atoms with van der Waals surface area (Å²) in [7, 11) is 0.